The number of nitriles is 1. The van der Waals surface area contributed by atoms with E-state index in [-0.39, 0.29) is 16.7 Å². The van der Waals surface area contributed by atoms with Gasteiger partial charge in [0.05, 0.1) is 17.4 Å². The number of nitrogens with one attached hydrogen (secondary N) is 1. The van der Waals surface area contributed by atoms with Gasteiger partial charge in [0, 0.05) is 48.0 Å². The first-order valence-corrected chi connectivity index (χ1v) is 12.5. The lowest BCUT2D eigenvalue weighted by Crippen LogP contribution is -2.59. The van der Waals surface area contributed by atoms with Gasteiger partial charge < -0.3 is 9.80 Å². The number of hydrogen-bond donors (Lipinski definition) is 1. The van der Waals surface area contributed by atoms with Gasteiger partial charge in [0.1, 0.15) is 17.5 Å². The Morgan fingerprint density at radius 2 is 2.03 bits per heavy atom. The highest BCUT2D eigenvalue weighted by Crippen LogP contribution is 2.59. The molecule has 35 heavy (non-hydrogen) atoms. The fraction of sp³-hybridized carbons (Fsp3) is 0.429. The standard InChI is InChI=1S/C28H28N6O/c1-3-22(35)34-15-27(16-34)10-11-33(14-27)26-19(12-29)24(18-6-7-28(8-9-28)25(18)31-26)23-17(2)4-5-21-20(23)13-30-32-21/h3-5,13H,1,6-11,14-16H2,2H3,(H,30,32). The van der Waals surface area contributed by atoms with Crippen molar-refractivity contribution in [1.29, 1.82) is 5.26 Å². The maximum absolute atomic E-state index is 12.0. The van der Waals surface area contributed by atoms with E-state index < -0.39 is 0 Å². The van der Waals surface area contributed by atoms with Crippen molar-refractivity contribution in [3.63, 3.8) is 0 Å². The van der Waals surface area contributed by atoms with Gasteiger partial charge in [-0.25, -0.2) is 4.98 Å². The van der Waals surface area contributed by atoms with Crippen molar-refractivity contribution in [1.82, 2.24) is 20.1 Å². The quantitative estimate of drug-likeness (QED) is 0.592. The fourth-order valence-electron chi connectivity index (χ4n) is 6.90. The Labute approximate surface area is 204 Å². The van der Waals surface area contributed by atoms with Crippen LogP contribution in [0.1, 0.15) is 48.1 Å². The topological polar surface area (TPSA) is 88.9 Å². The van der Waals surface area contributed by atoms with Crippen LogP contribution in [0.2, 0.25) is 0 Å². The van der Waals surface area contributed by atoms with Gasteiger partial charge in [-0.05, 0) is 67.9 Å². The molecule has 0 bridgehead atoms. The molecule has 1 N–H and O–H groups in total. The maximum Gasteiger partial charge on any atom is 0.245 e. The molecule has 7 heteroatoms. The van der Waals surface area contributed by atoms with Crippen molar-refractivity contribution < 1.29 is 4.79 Å². The lowest BCUT2D eigenvalue weighted by molar-refractivity contribution is -0.136. The Bertz CT molecular complexity index is 1470. The summed E-state index contributed by atoms with van der Waals surface area (Å²) in [6.07, 6.45) is 8.77. The zero-order valence-corrected chi connectivity index (χ0v) is 20.0. The summed E-state index contributed by atoms with van der Waals surface area (Å²) >= 11 is 0. The molecular formula is C28H28N6O. The van der Waals surface area contributed by atoms with Crippen molar-refractivity contribution in [2.45, 2.75) is 44.4 Å². The molecule has 7 rings (SSSR count). The van der Waals surface area contributed by atoms with Gasteiger partial charge in [-0.2, -0.15) is 10.4 Å². The second kappa shape index (κ2) is 6.94. The van der Waals surface area contributed by atoms with Crippen LogP contribution in [0.4, 0.5) is 5.82 Å². The Hall–Kier alpha value is -3.66. The van der Waals surface area contributed by atoms with Gasteiger partial charge >= 0.3 is 0 Å². The van der Waals surface area contributed by atoms with Crippen LogP contribution in [0.5, 0.6) is 0 Å². The molecule has 3 fully saturated rings. The number of aromatic nitrogens is 3. The molecule has 0 atom stereocenters. The summed E-state index contributed by atoms with van der Waals surface area (Å²) in [7, 11) is 0. The highest BCUT2D eigenvalue weighted by molar-refractivity contribution is 6.00. The molecule has 2 aromatic heterocycles. The van der Waals surface area contributed by atoms with E-state index in [4.69, 9.17) is 4.98 Å². The monoisotopic (exact) mass is 464 g/mol. The number of aromatic amines is 1. The summed E-state index contributed by atoms with van der Waals surface area (Å²) in [5, 5.41) is 19.0. The molecular weight excluding hydrogens is 436 g/mol. The van der Waals surface area contributed by atoms with E-state index in [2.05, 4.69) is 46.8 Å². The number of hydrogen-bond acceptors (Lipinski definition) is 5. The Kier molecular flexibility index (Phi) is 4.10. The van der Waals surface area contributed by atoms with Gasteiger partial charge in [0.15, 0.2) is 0 Å². The second-order valence-corrected chi connectivity index (χ2v) is 11.1. The van der Waals surface area contributed by atoms with Gasteiger partial charge in [0.25, 0.3) is 0 Å². The number of aryl methyl sites for hydroxylation is 1. The predicted molar refractivity (Wildman–Crippen MR) is 134 cm³/mol. The van der Waals surface area contributed by atoms with Crippen LogP contribution in [0.25, 0.3) is 22.0 Å². The zero-order valence-electron chi connectivity index (χ0n) is 20.0. The molecule has 4 heterocycles. The van der Waals surface area contributed by atoms with Crippen LogP contribution >= 0.6 is 0 Å². The van der Waals surface area contributed by atoms with Crippen molar-refractivity contribution in [2.75, 3.05) is 31.1 Å². The number of carbonyl (C=O) groups is 1. The van der Waals surface area contributed by atoms with Crippen LogP contribution in [-0.2, 0) is 16.6 Å². The first kappa shape index (κ1) is 20.7. The lowest BCUT2D eigenvalue weighted by atomic mass is 9.79. The van der Waals surface area contributed by atoms with E-state index in [0.29, 0.717) is 5.56 Å². The van der Waals surface area contributed by atoms with Crippen LogP contribution in [0, 0.1) is 23.7 Å². The Morgan fingerprint density at radius 1 is 1.20 bits per heavy atom. The highest BCUT2D eigenvalue weighted by Gasteiger charge is 2.53. The number of nitrogens with zero attached hydrogens (tertiary/aromatic N) is 5. The average Bonchev–Trinajstić information content (AvgIpc) is 3.16. The molecule has 1 saturated carbocycles. The molecule has 2 saturated heterocycles. The minimum absolute atomic E-state index is 0.00379. The third kappa shape index (κ3) is 2.80. The van der Waals surface area contributed by atoms with E-state index in [1.807, 2.05) is 11.1 Å². The smallest absolute Gasteiger partial charge is 0.245 e. The average molecular weight is 465 g/mol. The predicted octanol–water partition coefficient (Wildman–Crippen LogP) is 4.01. The van der Waals surface area contributed by atoms with Crippen LogP contribution in [0.15, 0.2) is 31.0 Å². The third-order valence-electron chi connectivity index (χ3n) is 8.96. The number of H-pyrrole nitrogens is 1. The molecule has 0 unspecified atom stereocenters. The highest BCUT2D eigenvalue weighted by atomic mass is 16.2. The summed E-state index contributed by atoms with van der Waals surface area (Å²) < 4.78 is 0. The van der Waals surface area contributed by atoms with E-state index in [9.17, 15) is 10.1 Å². The lowest BCUT2D eigenvalue weighted by Gasteiger charge is -2.47. The Morgan fingerprint density at radius 3 is 2.77 bits per heavy atom. The summed E-state index contributed by atoms with van der Waals surface area (Å²) in [4.78, 5) is 21.5. The fourth-order valence-corrected chi connectivity index (χ4v) is 6.90. The number of amides is 1. The molecule has 1 aromatic carbocycles. The molecule has 2 aliphatic heterocycles. The van der Waals surface area contributed by atoms with Gasteiger partial charge in [-0.1, -0.05) is 12.6 Å². The summed E-state index contributed by atoms with van der Waals surface area (Å²) in [6.45, 7) is 8.95. The molecule has 176 valence electrons. The first-order valence-electron chi connectivity index (χ1n) is 12.5. The number of carbonyl (C=O) groups excluding carboxylic acids is 1. The maximum atomic E-state index is 12.0. The van der Waals surface area contributed by atoms with Crippen LogP contribution in [-0.4, -0.2) is 52.2 Å². The van der Waals surface area contributed by atoms with Crippen molar-refractivity contribution in [3.8, 4) is 17.2 Å². The molecule has 2 spiro atoms. The Balaban J connectivity index is 1.38. The van der Waals surface area contributed by atoms with Gasteiger partial charge in [0.2, 0.25) is 5.91 Å². The van der Waals surface area contributed by atoms with Crippen molar-refractivity contribution >= 4 is 22.6 Å². The summed E-state index contributed by atoms with van der Waals surface area (Å²) in [5.41, 5.74) is 7.79. The molecule has 0 radical (unpaired) electrons. The largest absolute Gasteiger partial charge is 0.355 e. The molecule has 1 amide bonds. The first-order chi connectivity index (χ1) is 17.0. The number of likely N-dealkylation sites (tertiary alicyclic amines) is 1. The number of pyridine rings is 1. The normalized spacial score (nSPS) is 20.8. The molecule has 7 nitrogen and oxygen atoms in total. The van der Waals surface area contributed by atoms with E-state index in [1.54, 1.807) is 0 Å². The van der Waals surface area contributed by atoms with Crippen molar-refractivity contribution in [2.24, 2.45) is 5.41 Å². The minimum Gasteiger partial charge on any atom is -0.355 e. The molecule has 4 aliphatic rings. The van der Waals surface area contributed by atoms with E-state index in [0.717, 1.165) is 78.9 Å². The third-order valence-corrected chi connectivity index (χ3v) is 8.96. The minimum atomic E-state index is 0.00379. The molecule has 2 aliphatic carbocycles. The van der Waals surface area contributed by atoms with Crippen LogP contribution in [0.3, 0.4) is 0 Å². The number of anilines is 1. The number of benzene rings is 1. The number of rotatable bonds is 3. The van der Waals surface area contributed by atoms with Crippen molar-refractivity contribution in [3.05, 3.63) is 53.4 Å². The SMILES string of the molecule is C=CC(=O)N1CC2(CCN(c3nc4c(c(-c5c(C)ccc6[nH]ncc56)c3C#N)CCC43CC3)C2)C1. The van der Waals surface area contributed by atoms with E-state index in [1.165, 1.54) is 30.2 Å². The molecule has 3 aromatic rings. The van der Waals surface area contributed by atoms with E-state index >= 15 is 0 Å². The summed E-state index contributed by atoms with van der Waals surface area (Å²) in [6, 6.07) is 6.77. The number of fused-ring (bicyclic) bond motifs is 3. The van der Waals surface area contributed by atoms with Gasteiger partial charge in [-0.15, -0.1) is 0 Å². The second-order valence-electron chi connectivity index (χ2n) is 11.1. The van der Waals surface area contributed by atoms with Gasteiger partial charge in [-0.3, -0.25) is 9.89 Å². The zero-order chi connectivity index (χ0) is 23.9. The summed E-state index contributed by atoms with van der Waals surface area (Å²) in [5.74, 6) is 0.837. The van der Waals surface area contributed by atoms with Crippen LogP contribution < -0.4 is 4.90 Å².